The average molecular weight is 552 g/mol. The molecule has 0 radical (unpaired) electrons. The molecule has 10 heteroatoms. The van der Waals surface area contributed by atoms with Gasteiger partial charge in [-0.1, -0.05) is 72.4 Å². The third-order valence-corrected chi connectivity index (χ3v) is 10.0. The Morgan fingerprint density at radius 1 is 0.816 bits per heavy atom. The minimum Gasteiger partial charge on any atom is -0.374 e. The highest BCUT2D eigenvalue weighted by molar-refractivity contribution is 8.14. The van der Waals surface area contributed by atoms with Crippen molar-refractivity contribution in [1.29, 1.82) is 0 Å². The van der Waals surface area contributed by atoms with Crippen LogP contribution in [-0.2, 0) is 13.3 Å². The Kier molecular flexibility index (Phi) is 10.2. The summed E-state index contributed by atoms with van der Waals surface area (Å²) in [6, 6.07) is 20.0. The van der Waals surface area contributed by atoms with Crippen LogP contribution in [0.1, 0.15) is 44.1 Å². The molecule has 38 heavy (non-hydrogen) atoms. The number of aromatic nitrogens is 3. The van der Waals surface area contributed by atoms with Gasteiger partial charge < -0.3 is 13.3 Å². The Morgan fingerprint density at radius 3 is 2.00 bits per heavy atom. The summed E-state index contributed by atoms with van der Waals surface area (Å²) in [5.74, 6) is 0.638. The van der Waals surface area contributed by atoms with Gasteiger partial charge in [0.15, 0.2) is 5.52 Å². The van der Waals surface area contributed by atoms with E-state index in [4.69, 9.17) is 22.9 Å². The number of hydrogen-bond donors (Lipinski definition) is 0. The van der Waals surface area contributed by atoms with Crippen LogP contribution in [0.4, 0.5) is 0 Å². The first-order chi connectivity index (χ1) is 18.6. The van der Waals surface area contributed by atoms with Gasteiger partial charge in [-0.25, -0.2) is 9.61 Å². The molecule has 0 unspecified atom stereocenters. The van der Waals surface area contributed by atoms with Crippen molar-refractivity contribution in [3.63, 3.8) is 0 Å². The molecule has 2 aromatic carbocycles. The lowest BCUT2D eigenvalue weighted by atomic mass is 10.00. The first-order valence-corrected chi connectivity index (χ1v) is 15.9. The molecule has 0 aliphatic heterocycles. The second-order valence-corrected chi connectivity index (χ2v) is 12.3. The summed E-state index contributed by atoms with van der Waals surface area (Å²) in [5.41, 5.74) is 4.29. The lowest BCUT2D eigenvalue weighted by molar-refractivity contribution is 0.0708. The molecule has 4 aromatic rings. The fourth-order valence-electron chi connectivity index (χ4n) is 4.34. The topological polar surface area (TPSA) is 96.6 Å². The van der Waals surface area contributed by atoms with Crippen LogP contribution in [0.5, 0.6) is 0 Å². The number of hydrogen-bond acceptors (Lipinski definition) is 9. The number of nitrogens with zero attached hydrogens (tertiary/aromatic N) is 3. The highest BCUT2D eigenvalue weighted by atomic mass is 32.2. The lowest BCUT2D eigenvalue weighted by Gasteiger charge is -2.28. The van der Waals surface area contributed by atoms with E-state index in [0.717, 1.165) is 30.0 Å². The Morgan fingerprint density at radius 2 is 1.39 bits per heavy atom. The summed E-state index contributed by atoms with van der Waals surface area (Å²) in [6.07, 6.45) is 1.66. The van der Waals surface area contributed by atoms with Crippen molar-refractivity contribution in [3.8, 4) is 22.4 Å². The minimum absolute atomic E-state index is 0.117. The molecule has 0 atom stereocenters. The highest BCUT2D eigenvalue weighted by Gasteiger charge is 2.39. The van der Waals surface area contributed by atoms with E-state index < -0.39 is 8.80 Å². The maximum absolute atomic E-state index is 13.6. The van der Waals surface area contributed by atoms with Crippen LogP contribution >= 0.6 is 11.8 Å². The molecule has 8 nitrogen and oxygen atoms in total. The van der Waals surface area contributed by atoms with Crippen LogP contribution in [0.15, 0.2) is 65.3 Å². The van der Waals surface area contributed by atoms with Gasteiger partial charge in [-0.05, 0) is 49.5 Å². The van der Waals surface area contributed by atoms with Gasteiger partial charge in [-0.15, -0.1) is 0 Å². The molecule has 2 heterocycles. The van der Waals surface area contributed by atoms with E-state index in [-0.39, 0.29) is 5.12 Å². The third-order valence-electron chi connectivity index (χ3n) is 5.92. The van der Waals surface area contributed by atoms with E-state index in [1.807, 2.05) is 81.4 Å². The smallest absolute Gasteiger partial charge is 0.374 e. The van der Waals surface area contributed by atoms with Gasteiger partial charge in [0.05, 0.1) is 0 Å². The summed E-state index contributed by atoms with van der Waals surface area (Å²) < 4.78 is 23.0. The first kappa shape index (κ1) is 28.1. The summed E-state index contributed by atoms with van der Waals surface area (Å²) >= 11 is 1.26. The van der Waals surface area contributed by atoms with E-state index in [9.17, 15) is 4.79 Å². The SMILES string of the molecule is CCO[Si](CCCCSC(=O)c1nc(-c2ccccc2)c2nonc2c1-c1ccccc1)(OCC)OCC. The van der Waals surface area contributed by atoms with Crippen LogP contribution in [0.2, 0.25) is 6.04 Å². The van der Waals surface area contributed by atoms with Crippen LogP contribution in [0, 0.1) is 0 Å². The van der Waals surface area contributed by atoms with Crippen molar-refractivity contribution >= 4 is 36.7 Å². The molecule has 0 bridgehead atoms. The zero-order valence-electron chi connectivity index (χ0n) is 22.0. The molecule has 0 aliphatic rings. The van der Waals surface area contributed by atoms with Crippen molar-refractivity contribution in [2.24, 2.45) is 0 Å². The van der Waals surface area contributed by atoms with Crippen molar-refractivity contribution in [1.82, 2.24) is 15.3 Å². The first-order valence-electron chi connectivity index (χ1n) is 13.0. The molecule has 0 amide bonds. The Balaban J connectivity index is 1.56. The largest absolute Gasteiger partial charge is 0.500 e. The number of benzene rings is 2. The van der Waals surface area contributed by atoms with Crippen LogP contribution in [0.3, 0.4) is 0 Å². The zero-order valence-corrected chi connectivity index (χ0v) is 23.8. The summed E-state index contributed by atoms with van der Waals surface area (Å²) in [4.78, 5) is 18.5. The minimum atomic E-state index is -2.69. The van der Waals surface area contributed by atoms with Crippen molar-refractivity contribution in [2.45, 2.75) is 39.7 Å². The molecule has 0 N–H and O–H groups in total. The Bertz CT molecular complexity index is 1300. The molecule has 0 fully saturated rings. The van der Waals surface area contributed by atoms with Crippen molar-refractivity contribution in [3.05, 3.63) is 66.4 Å². The van der Waals surface area contributed by atoms with Gasteiger partial charge in [0, 0.05) is 42.7 Å². The molecule has 2 aromatic heterocycles. The maximum atomic E-state index is 13.6. The third kappa shape index (κ3) is 6.56. The number of carbonyl (C=O) groups excluding carboxylic acids is 1. The van der Waals surface area contributed by atoms with Crippen molar-refractivity contribution in [2.75, 3.05) is 25.6 Å². The van der Waals surface area contributed by atoms with E-state index in [1.54, 1.807) is 0 Å². The standard InChI is InChI=1S/C28H33N3O5SSi/c1-4-33-38(34-5-2,35-6-3)20-14-13-19-37-28(32)26-23(21-15-9-7-10-16-21)25-27(31-36-30-25)24(29-26)22-17-11-8-12-18-22/h7-12,15-18H,4-6,13-14,19-20H2,1-3H3. The number of carbonyl (C=O) groups is 1. The van der Waals surface area contributed by atoms with E-state index >= 15 is 0 Å². The molecule has 0 spiro atoms. The van der Waals surface area contributed by atoms with Crippen LogP contribution in [0.25, 0.3) is 33.4 Å². The molecule has 4 rings (SSSR count). The second-order valence-electron chi connectivity index (χ2n) is 8.45. The number of unbranched alkanes of at least 4 members (excludes halogenated alkanes) is 1. The second kappa shape index (κ2) is 13.8. The normalized spacial score (nSPS) is 11.8. The fourth-order valence-corrected chi connectivity index (χ4v) is 7.85. The molecule has 0 saturated heterocycles. The van der Waals surface area contributed by atoms with Gasteiger partial charge in [-0.2, -0.15) is 0 Å². The van der Waals surface area contributed by atoms with Crippen LogP contribution in [-0.4, -0.2) is 54.8 Å². The fraction of sp³-hybridized carbons (Fsp3) is 0.357. The molecule has 0 aliphatic carbocycles. The van der Waals surface area contributed by atoms with E-state index in [0.29, 0.717) is 53.6 Å². The average Bonchev–Trinajstić information content (AvgIpc) is 3.43. The maximum Gasteiger partial charge on any atom is 0.500 e. The van der Waals surface area contributed by atoms with E-state index in [1.165, 1.54) is 11.8 Å². The van der Waals surface area contributed by atoms with Crippen molar-refractivity contribution < 1.29 is 22.7 Å². The Labute approximate surface area is 228 Å². The molecular formula is C28H33N3O5SSi. The number of rotatable bonds is 14. The number of pyridine rings is 1. The predicted molar refractivity (Wildman–Crippen MR) is 152 cm³/mol. The highest BCUT2D eigenvalue weighted by Crippen LogP contribution is 2.36. The van der Waals surface area contributed by atoms with Gasteiger partial charge >= 0.3 is 8.80 Å². The molecule has 200 valence electrons. The van der Waals surface area contributed by atoms with Crippen LogP contribution < -0.4 is 0 Å². The zero-order chi connectivity index (χ0) is 26.8. The number of fused-ring (bicyclic) bond motifs is 1. The van der Waals surface area contributed by atoms with Gasteiger partial charge in [0.25, 0.3) is 0 Å². The van der Waals surface area contributed by atoms with Gasteiger partial charge in [-0.3, -0.25) is 4.79 Å². The number of thioether (sulfide) groups is 1. The van der Waals surface area contributed by atoms with Gasteiger partial charge in [0.1, 0.15) is 16.9 Å². The quantitative estimate of drug-likeness (QED) is 0.126. The van der Waals surface area contributed by atoms with E-state index in [2.05, 4.69) is 10.3 Å². The monoisotopic (exact) mass is 551 g/mol. The molecule has 0 saturated carbocycles. The lowest BCUT2D eigenvalue weighted by Crippen LogP contribution is -2.45. The molecular weight excluding hydrogens is 518 g/mol. The predicted octanol–water partition coefficient (Wildman–Crippen LogP) is 6.65. The summed E-state index contributed by atoms with van der Waals surface area (Å²) in [7, 11) is -2.69. The summed E-state index contributed by atoms with van der Waals surface area (Å²) in [5, 5.41) is 8.21. The summed E-state index contributed by atoms with van der Waals surface area (Å²) in [6.45, 7) is 7.52. The Hall–Kier alpha value is -2.89. The van der Waals surface area contributed by atoms with Gasteiger partial charge in [0.2, 0.25) is 5.12 Å².